The third kappa shape index (κ3) is 2.40. The minimum absolute atomic E-state index is 0.0691. The van der Waals surface area contributed by atoms with Gasteiger partial charge in [0.2, 0.25) is 5.91 Å². The molecule has 3 heteroatoms. The number of nitrogens with zero attached hydrogens (tertiary/aromatic N) is 1. The SMILES string of the molecule is CC(CC(=O)N(C)C1(C)CCOC1)C1CC1. The van der Waals surface area contributed by atoms with E-state index in [0.29, 0.717) is 18.9 Å². The van der Waals surface area contributed by atoms with Gasteiger partial charge in [0.15, 0.2) is 0 Å². The largest absolute Gasteiger partial charge is 0.379 e. The minimum atomic E-state index is -0.0691. The van der Waals surface area contributed by atoms with Gasteiger partial charge in [0.1, 0.15) is 0 Å². The van der Waals surface area contributed by atoms with E-state index in [-0.39, 0.29) is 11.4 Å². The Balaban J connectivity index is 1.87. The van der Waals surface area contributed by atoms with Crippen LogP contribution in [0.25, 0.3) is 0 Å². The predicted molar refractivity (Wildman–Crippen MR) is 63.1 cm³/mol. The summed E-state index contributed by atoms with van der Waals surface area (Å²) in [4.78, 5) is 14.1. The molecule has 1 saturated carbocycles. The molecule has 1 saturated heterocycles. The van der Waals surface area contributed by atoms with Crippen molar-refractivity contribution in [2.24, 2.45) is 11.8 Å². The number of carbonyl (C=O) groups excluding carboxylic acids is 1. The maximum absolute atomic E-state index is 12.1. The summed E-state index contributed by atoms with van der Waals surface area (Å²) in [5.41, 5.74) is -0.0691. The van der Waals surface area contributed by atoms with E-state index in [0.717, 1.165) is 18.9 Å². The van der Waals surface area contributed by atoms with E-state index in [2.05, 4.69) is 13.8 Å². The van der Waals surface area contributed by atoms with Crippen LogP contribution >= 0.6 is 0 Å². The Morgan fingerprint density at radius 2 is 2.25 bits per heavy atom. The molecule has 3 nitrogen and oxygen atoms in total. The van der Waals surface area contributed by atoms with E-state index in [4.69, 9.17) is 4.74 Å². The molecule has 1 amide bonds. The molecule has 92 valence electrons. The molecule has 0 aromatic carbocycles. The zero-order valence-electron chi connectivity index (χ0n) is 10.7. The topological polar surface area (TPSA) is 29.5 Å². The monoisotopic (exact) mass is 225 g/mol. The highest BCUT2D eigenvalue weighted by molar-refractivity contribution is 5.77. The highest BCUT2D eigenvalue weighted by atomic mass is 16.5. The molecular formula is C13H23NO2. The molecule has 0 aromatic rings. The van der Waals surface area contributed by atoms with Gasteiger partial charge in [0, 0.05) is 20.1 Å². The van der Waals surface area contributed by atoms with Gasteiger partial charge in [-0.15, -0.1) is 0 Å². The molecule has 2 rings (SSSR count). The first-order chi connectivity index (χ1) is 7.53. The smallest absolute Gasteiger partial charge is 0.223 e. The molecule has 0 aromatic heterocycles. The van der Waals surface area contributed by atoms with Crippen molar-refractivity contribution >= 4 is 5.91 Å². The summed E-state index contributed by atoms with van der Waals surface area (Å²) in [5.74, 6) is 1.65. The average molecular weight is 225 g/mol. The van der Waals surface area contributed by atoms with Crippen LogP contribution in [0.3, 0.4) is 0 Å². The Bertz CT molecular complexity index is 267. The molecule has 2 fully saturated rings. The molecule has 1 heterocycles. The number of amides is 1. The zero-order valence-corrected chi connectivity index (χ0v) is 10.7. The summed E-state index contributed by atoms with van der Waals surface area (Å²) in [6.07, 6.45) is 4.31. The third-order valence-electron chi connectivity index (χ3n) is 4.31. The van der Waals surface area contributed by atoms with Crippen LogP contribution in [0.1, 0.15) is 39.5 Å². The van der Waals surface area contributed by atoms with Crippen molar-refractivity contribution < 1.29 is 9.53 Å². The molecule has 0 radical (unpaired) electrons. The fourth-order valence-corrected chi connectivity index (χ4v) is 2.47. The summed E-state index contributed by atoms with van der Waals surface area (Å²) < 4.78 is 5.40. The fourth-order valence-electron chi connectivity index (χ4n) is 2.47. The van der Waals surface area contributed by atoms with E-state index in [9.17, 15) is 4.79 Å². The molecular weight excluding hydrogens is 202 g/mol. The Morgan fingerprint density at radius 3 is 2.75 bits per heavy atom. The molecule has 0 bridgehead atoms. The van der Waals surface area contributed by atoms with Crippen molar-refractivity contribution in [3.8, 4) is 0 Å². The van der Waals surface area contributed by atoms with Crippen molar-refractivity contribution in [1.82, 2.24) is 4.90 Å². The van der Waals surface area contributed by atoms with Crippen LogP contribution in [0.5, 0.6) is 0 Å². The number of likely N-dealkylation sites (N-methyl/N-ethyl adjacent to an activating group) is 1. The van der Waals surface area contributed by atoms with Gasteiger partial charge in [0.25, 0.3) is 0 Å². The van der Waals surface area contributed by atoms with Crippen LogP contribution in [-0.4, -0.2) is 36.6 Å². The van der Waals surface area contributed by atoms with Crippen molar-refractivity contribution in [1.29, 1.82) is 0 Å². The highest BCUT2D eigenvalue weighted by Gasteiger charge is 2.38. The molecule has 1 aliphatic carbocycles. The van der Waals surface area contributed by atoms with Gasteiger partial charge in [0.05, 0.1) is 12.1 Å². The summed E-state index contributed by atoms with van der Waals surface area (Å²) >= 11 is 0. The third-order valence-corrected chi connectivity index (χ3v) is 4.31. The second kappa shape index (κ2) is 4.36. The summed E-state index contributed by atoms with van der Waals surface area (Å²) in [6.45, 7) is 5.80. The van der Waals surface area contributed by atoms with Gasteiger partial charge >= 0.3 is 0 Å². The first-order valence-corrected chi connectivity index (χ1v) is 6.37. The average Bonchev–Trinajstić information content (AvgIpc) is 3.01. The predicted octanol–water partition coefficient (Wildman–Crippen LogP) is 2.06. The Morgan fingerprint density at radius 1 is 1.56 bits per heavy atom. The lowest BCUT2D eigenvalue weighted by Gasteiger charge is -2.34. The van der Waals surface area contributed by atoms with Crippen molar-refractivity contribution in [3.63, 3.8) is 0 Å². The number of hydrogen-bond donors (Lipinski definition) is 0. The van der Waals surface area contributed by atoms with Gasteiger partial charge in [-0.1, -0.05) is 6.92 Å². The van der Waals surface area contributed by atoms with Crippen molar-refractivity contribution in [2.45, 2.75) is 45.1 Å². The maximum atomic E-state index is 12.1. The lowest BCUT2D eigenvalue weighted by molar-refractivity contribution is -0.136. The molecule has 2 unspecified atom stereocenters. The molecule has 0 spiro atoms. The fraction of sp³-hybridized carbons (Fsp3) is 0.923. The van der Waals surface area contributed by atoms with Gasteiger partial charge in [-0.2, -0.15) is 0 Å². The Hall–Kier alpha value is -0.570. The Kier molecular flexibility index (Phi) is 3.24. The lowest BCUT2D eigenvalue weighted by Crippen LogP contribution is -2.48. The number of carbonyl (C=O) groups is 1. The highest BCUT2D eigenvalue weighted by Crippen LogP contribution is 2.38. The maximum Gasteiger partial charge on any atom is 0.223 e. The van der Waals surface area contributed by atoms with Crippen LogP contribution in [0, 0.1) is 11.8 Å². The second-order valence-electron chi connectivity index (χ2n) is 5.77. The molecule has 16 heavy (non-hydrogen) atoms. The number of ether oxygens (including phenoxy) is 1. The summed E-state index contributed by atoms with van der Waals surface area (Å²) in [6, 6.07) is 0. The first-order valence-electron chi connectivity index (χ1n) is 6.37. The summed E-state index contributed by atoms with van der Waals surface area (Å²) in [5, 5.41) is 0. The van der Waals surface area contributed by atoms with E-state index in [1.54, 1.807) is 0 Å². The molecule has 2 atom stereocenters. The zero-order chi connectivity index (χ0) is 11.8. The molecule has 2 aliphatic rings. The molecule has 0 N–H and O–H groups in total. The standard InChI is InChI=1S/C13H23NO2/c1-10(11-4-5-11)8-12(15)14(3)13(2)6-7-16-9-13/h10-11H,4-9H2,1-3H3. The first kappa shape index (κ1) is 11.9. The summed E-state index contributed by atoms with van der Waals surface area (Å²) in [7, 11) is 1.93. The normalized spacial score (nSPS) is 31.4. The van der Waals surface area contributed by atoms with Crippen molar-refractivity contribution in [3.05, 3.63) is 0 Å². The van der Waals surface area contributed by atoms with E-state index in [1.807, 2.05) is 11.9 Å². The van der Waals surface area contributed by atoms with Crippen LogP contribution in [0.4, 0.5) is 0 Å². The van der Waals surface area contributed by atoms with Crippen LogP contribution in [0.2, 0.25) is 0 Å². The molecule has 1 aliphatic heterocycles. The second-order valence-corrected chi connectivity index (χ2v) is 5.77. The van der Waals surface area contributed by atoms with Crippen LogP contribution < -0.4 is 0 Å². The number of rotatable bonds is 4. The lowest BCUT2D eigenvalue weighted by atomic mass is 9.96. The van der Waals surface area contributed by atoms with Gasteiger partial charge in [-0.3, -0.25) is 4.79 Å². The minimum Gasteiger partial charge on any atom is -0.379 e. The van der Waals surface area contributed by atoms with Crippen LogP contribution in [0.15, 0.2) is 0 Å². The Labute approximate surface area is 98.1 Å². The quantitative estimate of drug-likeness (QED) is 0.733. The van der Waals surface area contributed by atoms with Gasteiger partial charge in [-0.25, -0.2) is 0 Å². The van der Waals surface area contributed by atoms with E-state index >= 15 is 0 Å². The van der Waals surface area contributed by atoms with Crippen LogP contribution in [-0.2, 0) is 9.53 Å². The van der Waals surface area contributed by atoms with Gasteiger partial charge in [-0.05, 0) is 38.0 Å². The van der Waals surface area contributed by atoms with E-state index in [1.165, 1.54) is 12.8 Å². The van der Waals surface area contributed by atoms with E-state index < -0.39 is 0 Å². The van der Waals surface area contributed by atoms with Crippen molar-refractivity contribution in [2.75, 3.05) is 20.3 Å². The van der Waals surface area contributed by atoms with Gasteiger partial charge < -0.3 is 9.64 Å². The number of hydrogen-bond acceptors (Lipinski definition) is 2.